The van der Waals surface area contributed by atoms with Gasteiger partial charge in [-0.2, -0.15) is 0 Å². The summed E-state index contributed by atoms with van der Waals surface area (Å²) in [7, 11) is -0.288. The number of carbonyl (C=O) groups excluding carboxylic acids is 1. The summed E-state index contributed by atoms with van der Waals surface area (Å²) < 4.78 is 15.0. The molecule has 0 aliphatic rings. The lowest BCUT2D eigenvalue weighted by atomic mass is 10.2. The molecule has 2 aromatic carbocycles. The molecule has 0 saturated carbocycles. The van der Waals surface area contributed by atoms with Crippen molar-refractivity contribution in [3.63, 3.8) is 0 Å². The van der Waals surface area contributed by atoms with Crippen molar-refractivity contribution in [1.29, 1.82) is 0 Å². The van der Waals surface area contributed by atoms with Crippen molar-refractivity contribution < 1.29 is 14.1 Å². The number of benzene rings is 2. The first kappa shape index (κ1) is 27.5. The van der Waals surface area contributed by atoms with Gasteiger partial charge in [0, 0.05) is 18.4 Å². The fourth-order valence-corrected chi connectivity index (χ4v) is 2.49. The van der Waals surface area contributed by atoms with Crippen LogP contribution in [0.5, 0.6) is 0 Å². The van der Waals surface area contributed by atoms with Crippen LogP contribution in [0.2, 0.25) is 0 Å². The molecule has 28 heavy (non-hydrogen) atoms. The van der Waals surface area contributed by atoms with Gasteiger partial charge in [-0.25, -0.2) is 4.21 Å². The van der Waals surface area contributed by atoms with Crippen LogP contribution in [0.15, 0.2) is 71.6 Å². The minimum atomic E-state index is -1.29. The molecule has 0 bridgehead atoms. The standard InChI is InChI=1S/C18H15NO2S.2C2H6.CH4O/c1-15(20)7-5-6-8-16-11-13-17(14-12-16)19-22(21)18-9-3-2-4-10-18;3*1-2/h2-5,7,9-14,19H,1H3;2*1-2H3;2H,1H3/b7-5+;;;. The van der Waals surface area contributed by atoms with Crippen LogP contribution in [0, 0.1) is 11.8 Å². The summed E-state index contributed by atoms with van der Waals surface area (Å²) in [6.07, 6.45) is 2.95. The molecule has 0 saturated heterocycles. The molecule has 0 fully saturated rings. The van der Waals surface area contributed by atoms with Crippen LogP contribution in [-0.2, 0) is 15.8 Å². The third-order valence-corrected chi connectivity index (χ3v) is 3.79. The van der Waals surface area contributed by atoms with Gasteiger partial charge in [0.2, 0.25) is 0 Å². The highest BCUT2D eigenvalue weighted by Gasteiger charge is 2.02. The largest absolute Gasteiger partial charge is 0.400 e. The zero-order valence-corrected chi connectivity index (χ0v) is 18.3. The lowest BCUT2D eigenvalue weighted by Crippen LogP contribution is -2.04. The van der Waals surface area contributed by atoms with Gasteiger partial charge in [0.1, 0.15) is 11.0 Å². The summed E-state index contributed by atoms with van der Waals surface area (Å²) in [6, 6.07) is 16.5. The van der Waals surface area contributed by atoms with Gasteiger partial charge in [-0.15, -0.1) is 0 Å². The highest BCUT2D eigenvalue weighted by Crippen LogP contribution is 2.13. The predicted molar refractivity (Wildman–Crippen MR) is 120 cm³/mol. The zero-order chi connectivity index (χ0) is 21.8. The Bertz CT molecular complexity index is 758. The van der Waals surface area contributed by atoms with Crippen LogP contribution in [0.4, 0.5) is 5.69 Å². The highest BCUT2D eigenvalue weighted by atomic mass is 32.2. The monoisotopic (exact) mass is 401 g/mol. The zero-order valence-electron chi connectivity index (χ0n) is 17.5. The first-order valence-electron chi connectivity index (χ1n) is 9.12. The minimum absolute atomic E-state index is 0.0303. The Balaban J connectivity index is 0. The van der Waals surface area contributed by atoms with E-state index in [9.17, 15) is 9.00 Å². The van der Waals surface area contributed by atoms with Crippen molar-refractivity contribution in [3.05, 3.63) is 72.3 Å². The van der Waals surface area contributed by atoms with E-state index in [4.69, 9.17) is 5.11 Å². The average Bonchev–Trinajstić information content (AvgIpc) is 2.77. The van der Waals surface area contributed by atoms with Gasteiger partial charge in [-0.05, 0) is 55.5 Å². The predicted octanol–water partition coefficient (Wildman–Crippen LogP) is 4.98. The number of allylic oxidation sites excluding steroid dienone is 2. The Morgan fingerprint density at radius 2 is 1.50 bits per heavy atom. The molecule has 0 amide bonds. The molecule has 2 N–H and O–H groups in total. The van der Waals surface area contributed by atoms with E-state index in [1.165, 1.54) is 19.1 Å². The van der Waals surface area contributed by atoms with Gasteiger partial charge in [0.25, 0.3) is 0 Å². The molecule has 0 aliphatic carbocycles. The Morgan fingerprint density at radius 1 is 0.964 bits per heavy atom. The number of aliphatic hydroxyl groups is 1. The molecule has 0 aliphatic heterocycles. The van der Waals surface area contributed by atoms with E-state index >= 15 is 0 Å². The van der Waals surface area contributed by atoms with Crippen LogP contribution in [-0.4, -0.2) is 22.2 Å². The normalized spacial score (nSPS) is 9.68. The maximum absolute atomic E-state index is 12.1. The van der Waals surface area contributed by atoms with Crippen molar-refractivity contribution in [1.82, 2.24) is 0 Å². The lowest BCUT2D eigenvalue weighted by molar-refractivity contribution is -0.112. The van der Waals surface area contributed by atoms with Gasteiger partial charge in [0.05, 0.1) is 4.90 Å². The van der Waals surface area contributed by atoms with Crippen LogP contribution in [0.25, 0.3) is 0 Å². The Labute approximate surface area is 172 Å². The summed E-state index contributed by atoms with van der Waals surface area (Å²) in [6.45, 7) is 9.48. The first-order chi connectivity index (χ1) is 13.6. The Hall–Kier alpha value is -2.68. The number of aliphatic hydroxyl groups excluding tert-OH is 1. The van der Waals surface area contributed by atoms with Gasteiger partial charge in [-0.3, -0.25) is 4.79 Å². The molecular formula is C23H31NO3S. The van der Waals surface area contributed by atoms with Crippen LogP contribution in [0.3, 0.4) is 0 Å². The van der Waals surface area contributed by atoms with E-state index in [-0.39, 0.29) is 5.78 Å². The maximum atomic E-state index is 12.1. The number of ketones is 1. The van der Waals surface area contributed by atoms with Crippen molar-refractivity contribution >= 4 is 22.5 Å². The second-order valence-corrected chi connectivity index (χ2v) is 5.69. The van der Waals surface area contributed by atoms with Crippen LogP contribution in [0.1, 0.15) is 40.2 Å². The SMILES string of the molecule is CC.CC.CC(=O)/C=C/C#Cc1ccc(NS(=O)c2ccccc2)cc1.CO. The summed E-state index contributed by atoms with van der Waals surface area (Å²) >= 11 is 0. The lowest BCUT2D eigenvalue weighted by Gasteiger charge is -2.05. The third kappa shape index (κ3) is 12.6. The number of hydrogen-bond acceptors (Lipinski definition) is 3. The molecule has 2 aromatic rings. The second-order valence-electron chi connectivity index (χ2n) is 4.47. The summed E-state index contributed by atoms with van der Waals surface area (Å²) in [4.78, 5) is 11.5. The molecule has 152 valence electrons. The molecule has 4 nitrogen and oxygen atoms in total. The number of nitrogens with one attached hydrogen (secondary N) is 1. The molecule has 0 spiro atoms. The molecule has 1 atom stereocenters. The van der Waals surface area contributed by atoms with Gasteiger partial charge >= 0.3 is 0 Å². The Kier molecular flexibility index (Phi) is 18.8. The van der Waals surface area contributed by atoms with Gasteiger partial charge in [-0.1, -0.05) is 57.7 Å². The van der Waals surface area contributed by atoms with E-state index in [2.05, 4.69) is 16.6 Å². The van der Waals surface area contributed by atoms with E-state index < -0.39 is 11.0 Å². The maximum Gasteiger partial charge on any atom is 0.153 e. The van der Waals surface area contributed by atoms with Gasteiger partial charge < -0.3 is 9.83 Å². The minimum Gasteiger partial charge on any atom is -0.400 e. The van der Waals surface area contributed by atoms with Gasteiger partial charge in [0.15, 0.2) is 5.78 Å². The van der Waals surface area contributed by atoms with Crippen molar-refractivity contribution in [3.8, 4) is 11.8 Å². The second kappa shape index (κ2) is 19.1. The van der Waals surface area contributed by atoms with Crippen LogP contribution >= 0.6 is 0 Å². The third-order valence-electron chi connectivity index (χ3n) is 2.67. The van der Waals surface area contributed by atoms with E-state index in [0.29, 0.717) is 0 Å². The highest BCUT2D eigenvalue weighted by molar-refractivity contribution is 7.86. The smallest absolute Gasteiger partial charge is 0.153 e. The quantitative estimate of drug-likeness (QED) is 0.561. The first-order valence-corrected chi connectivity index (χ1v) is 10.3. The van der Waals surface area contributed by atoms with Crippen molar-refractivity contribution in [2.45, 2.75) is 39.5 Å². The molecule has 0 radical (unpaired) electrons. The number of rotatable bonds is 4. The molecular weight excluding hydrogens is 370 g/mol. The van der Waals surface area contributed by atoms with E-state index in [1.807, 2.05) is 82.3 Å². The number of anilines is 1. The fraction of sp³-hybridized carbons (Fsp3) is 0.261. The summed E-state index contributed by atoms with van der Waals surface area (Å²) in [5.41, 5.74) is 1.58. The fourth-order valence-electron chi connectivity index (χ4n) is 1.62. The topological polar surface area (TPSA) is 66.4 Å². The molecule has 0 heterocycles. The molecule has 5 heteroatoms. The summed E-state index contributed by atoms with van der Waals surface area (Å²) in [5, 5.41) is 7.00. The summed E-state index contributed by atoms with van der Waals surface area (Å²) in [5.74, 6) is 5.68. The average molecular weight is 402 g/mol. The van der Waals surface area contributed by atoms with Crippen molar-refractivity contribution in [2.24, 2.45) is 0 Å². The number of carbonyl (C=O) groups is 1. The molecule has 1 unspecified atom stereocenters. The molecule has 0 aromatic heterocycles. The number of hydrogen-bond donors (Lipinski definition) is 2. The Morgan fingerprint density at radius 3 is 2.00 bits per heavy atom. The van der Waals surface area contributed by atoms with E-state index in [0.717, 1.165) is 23.3 Å². The molecule has 2 rings (SSSR count). The van der Waals surface area contributed by atoms with Crippen LogP contribution < -0.4 is 4.72 Å². The van der Waals surface area contributed by atoms with Crippen molar-refractivity contribution in [2.75, 3.05) is 11.8 Å². The van der Waals surface area contributed by atoms with E-state index in [1.54, 1.807) is 0 Å².